The van der Waals surface area contributed by atoms with Gasteiger partial charge in [-0.15, -0.1) is 0 Å². The topological polar surface area (TPSA) is 12.0 Å². The minimum absolute atomic E-state index is 0.401. The molecule has 1 heterocycles. The van der Waals surface area contributed by atoms with Gasteiger partial charge in [0.05, 0.1) is 6.04 Å². The third-order valence-corrected chi connectivity index (χ3v) is 4.19. The van der Waals surface area contributed by atoms with Gasteiger partial charge >= 0.3 is 0 Å². The summed E-state index contributed by atoms with van der Waals surface area (Å²) in [7, 11) is 0. The monoisotopic (exact) mass is 235 g/mol. The first kappa shape index (κ1) is 10.3. The van der Waals surface area contributed by atoms with Crippen molar-refractivity contribution in [1.29, 1.82) is 0 Å². The average Bonchev–Trinajstić information content (AvgIpc) is 3.18. The summed E-state index contributed by atoms with van der Waals surface area (Å²) in [5.74, 6) is 0.816. The molecular formula is C17H17N. The van der Waals surface area contributed by atoms with E-state index in [4.69, 9.17) is 0 Å². The van der Waals surface area contributed by atoms with E-state index in [2.05, 4.69) is 53.8 Å². The highest BCUT2D eigenvalue weighted by Gasteiger charge is 2.30. The fraction of sp³-hybridized carbons (Fsp3) is 0.294. The van der Waals surface area contributed by atoms with Gasteiger partial charge in [0.25, 0.3) is 0 Å². The predicted octanol–water partition coefficient (Wildman–Crippen LogP) is 3.76. The van der Waals surface area contributed by atoms with Crippen LogP contribution in [0.25, 0.3) is 0 Å². The zero-order valence-corrected chi connectivity index (χ0v) is 10.4. The average molecular weight is 235 g/mol. The summed E-state index contributed by atoms with van der Waals surface area (Å²) in [6.45, 7) is 1.000. The molecule has 0 bridgehead atoms. The summed E-state index contributed by atoms with van der Waals surface area (Å²) in [5, 5.41) is 3.66. The Morgan fingerprint density at radius 3 is 2.22 bits per heavy atom. The van der Waals surface area contributed by atoms with Crippen LogP contribution >= 0.6 is 0 Å². The molecule has 90 valence electrons. The Bertz CT molecular complexity index is 584. The molecule has 0 aromatic heterocycles. The fourth-order valence-electron chi connectivity index (χ4n) is 3.12. The fourth-order valence-corrected chi connectivity index (χ4v) is 3.12. The van der Waals surface area contributed by atoms with E-state index in [9.17, 15) is 0 Å². The summed E-state index contributed by atoms with van der Waals surface area (Å²) in [5.41, 5.74) is 5.97. The van der Waals surface area contributed by atoms with Crippen LogP contribution in [-0.4, -0.2) is 0 Å². The van der Waals surface area contributed by atoms with Crippen molar-refractivity contribution in [3.63, 3.8) is 0 Å². The van der Waals surface area contributed by atoms with Gasteiger partial charge in [0.2, 0.25) is 0 Å². The summed E-state index contributed by atoms with van der Waals surface area (Å²) in [4.78, 5) is 0. The quantitative estimate of drug-likeness (QED) is 0.835. The molecule has 1 nitrogen and oxygen atoms in total. The van der Waals surface area contributed by atoms with Gasteiger partial charge in [-0.3, -0.25) is 0 Å². The van der Waals surface area contributed by atoms with Gasteiger partial charge in [-0.05, 0) is 41.0 Å². The molecule has 1 aliphatic heterocycles. The number of hydrogen-bond donors (Lipinski definition) is 1. The Labute approximate surface area is 108 Å². The van der Waals surface area contributed by atoms with Crippen LogP contribution in [0.3, 0.4) is 0 Å². The minimum atomic E-state index is 0.401. The first-order valence-electron chi connectivity index (χ1n) is 6.83. The molecular weight excluding hydrogens is 218 g/mol. The second-order valence-corrected chi connectivity index (χ2v) is 5.42. The van der Waals surface area contributed by atoms with Gasteiger partial charge in [-0.2, -0.15) is 0 Å². The van der Waals surface area contributed by atoms with E-state index >= 15 is 0 Å². The highest BCUT2D eigenvalue weighted by Crippen LogP contribution is 2.44. The molecule has 0 spiro atoms. The zero-order chi connectivity index (χ0) is 11.9. The highest BCUT2D eigenvalue weighted by molar-refractivity contribution is 5.45. The number of hydrogen-bond acceptors (Lipinski definition) is 1. The van der Waals surface area contributed by atoms with Crippen molar-refractivity contribution < 1.29 is 0 Å². The number of rotatable bonds is 2. The third-order valence-electron chi connectivity index (χ3n) is 4.19. The van der Waals surface area contributed by atoms with E-state index in [-0.39, 0.29) is 0 Å². The summed E-state index contributed by atoms with van der Waals surface area (Å²) in [6, 6.07) is 18.2. The normalized spacial score (nSPS) is 21.9. The molecule has 0 saturated heterocycles. The molecule has 1 aliphatic carbocycles. The van der Waals surface area contributed by atoms with E-state index in [1.807, 2.05) is 0 Å². The molecule has 1 N–H and O–H groups in total. The van der Waals surface area contributed by atoms with E-state index in [0.717, 1.165) is 12.5 Å². The molecule has 1 unspecified atom stereocenters. The first-order valence-corrected chi connectivity index (χ1v) is 6.83. The van der Waals surface area contributed by atoms with Crippen molar-refractivity contribution in [2.24, 2.45) is 0 Å². The summed E-state index contributed by atoms with van der Waals surface area (Å²) in [6.07, 6.45) is 2.73. The SMILES string of the molecule is c1ccc2c(c1)CNC2c1ccccc1C1CC1. The molecule has 2 aromatic rings. The molecule has 1 atom stereocenters. The van der Waals surface area contributed by atoms with Crippen LogP contribution in [0.2, 0.25) is 0 Å². The zero-order valence-electron chi connectivity index (χ0n) is 10.4. The van der Waals surface area contributed by atoms with Crippen molar-refractivity contribution >= 4 is 0 Å². The maximum absolute atomic E-state index is 3.66. The Hall–Kier alpha value is -1.60. The van der Waals surface area contributed by atoms with Crippen LogP contribution < -0.4 is 5.32 Å². The first-order chi connectivity index (χ1) is 8.93. The maximum Gasteiger partial charge on any atom is 0.0585 e. The van der Waals surface area contributed by atoms with Gasteiger partial charge < -0.3 is 5.32 Å². The highest BCUT2D eigenvalue weighted by atomic mass is 14.9. The van der Waals surface area contributed by atoms with Gasteiger partial charge in [0.15, 0.2) is 0 Å². The lowest BCUT2D eigenvalue weighted by Gasteiger charge is -2.17. The van der Waals surface area contributed by atoms with E-state index in [1.165, 1.54) is 29.5 Å². The van der Waals surface area contributed by atoms with Crippen molar-refractivity contribution in [3.8, 4) is 0 Å². The molecule has 1 heteroatoms. The standard InChI is InChI=1S/C17H17N/c1-2-7-15-13(5-1)11-18-17(15)16-8-4-3-6-14(16)12-9-10-12/h1-8,12,17-18H,9-11H2. The molecule has 18 heavy (non-hydrogen) atoms. The lowest BCUT2D eigenvalue weighted by Crippen LogP contribution is -2.15. The molecule has 2 aliphatic rings. The molecule has 4 rings (SSSR count). The van der Waals surface area contributed by atoms with Gasteiger partial charge in [-0.25, -0.2) is 0 Å². The maximum atomic E-state index is 3.66. The van der Waals surface area contributed by atoms with Crippen LogP contribution in [-0.2, 0) is 6.54 Å². The van der Waals surface area contributed by atoms with E-state index in [0.29, 0.717) is 6.04 Å². The lowest BCUT2D eigenvalue weighted by atomic mass is 9.93. The third kappa shape index (κ3) is 1.58. The van der Waals surface area contributed by atoms with Gasteiger partial charge in [-0.1, -0.05) is 48.5 Å². The van der Waals surface area contributed by atoms with Crippen LogP contribution in [0.5, 0.6) is 0 Å². The van der Waals surface area contributed by atoms with Crippen LogP contribution in [0.15, 0.2) is 48.5 Å². The Morgan fingerprint density at radius 2 is 1.44 bits per heavy atom. The molecule has 1 saturated carbocycles. The second-order valence-electron chi connectivity index (χ2n) is 5.42. The summed E-state index contributed by atoms with van der Waals surface area (Å²) < 4.78 is 0. The second kappa shape index (κ2) is 3.96. The Morgan fingerprint density at radius 1 is 0.778 bits per heavy atom. The van der Waals surface area contributed by atoms with Crippen LogP contribution in [0.1, 0.15) is 47.1 Å². The van der Waals surface area contributed by atoms with E-state index in [1.54, 1.807) is 5.56 Å². The Kier molecular flexibility index (Phi) is 2.27. The van der Waals surface area contributed by atoms with Gasteiger partial charge in [0, 0.05) is 6.54 Å². The van der Waals surface area contributed by atoms with Crippen molar-refractivity contribution in [2.75, 3.05) is 0 Å². The predicted molar refractivity (Wildman–Crippen MR) is 73.5 cm³/mol. The molecule has 2 aromatic carbocycles. The van der Waals surface area contributed by atoms with Crippen molar-refractivity contribution in [1.82, 2.24) is 5.32 Å². The lowest BCUT2D eigenvalue weighted by molar-refractivity contribution is 0.660. The number of benzene rings is 2. The van der Waals surface area contributed by atoms with E-state index < -0.39 is 0 Å². The molecule has 0 radical (unpaired) electrons. The van der Waals surface area contributed by atoms with Gasteiger partial charge in [0.1, 0.15) is 0 Å². The largest absolute Gasteiger partial charge is 0.302 e. The molecule has 1 fully saturated rings. The smallest absolute Gasteiger partial charge is 0.0585 e. The van der Waals surface area contributed by atoms with Crippen molar-refractivity contribution in [3.05, 3.63) is 70.8 Å². The summed E-state index contributed by atoms with van der Waals surface area (Å²) >= 11 is 0. The van der Waals surface area contributed by atoms with Crippen LogP contribution in [0.4, 0.5) is 0 Å². The molecule has 0 amide bonds. The minimum Gasteiger partial charge on any atom is -0.302 e. The van der Waals surface area contributed by atoms with Crippen molar-refractivity contribution in [2.45, 2.75) is 31.3 Å². The number of fused-ring (bicyclic) bond motifs is 1. The van der Waals surface area contributed by atoms with Crippen LogP contribution in [0, 0.1) is 0 Å². The number of nitrogens with one attached hydrogen (secondary N) is 1. The Balaban J connectivity index is 1.81.